The second-order valence-corrected chi connectivity index (χ2v) is 11.5. The van der Waals surface area contributed by atoms with Crippen molar-refractivity contribution in [3.63, 3.8) is 0 Å². The van der Waals surface area contributed by atoms with E-state index in [0.29, 0.717) is 22.6 Å². The lowest BCUT2D eigenvalue weighted by Gasteiger charge is -2.18. The molecule has 0 unspecified atom stereocenters. The summed E-state index contributed by atoms with van der Waals surface area (Å²) in [6.45, 7) is 0. The molecule has 0 radical (unpaired) electrons. The summed E-state index contributed by atoms with van der Waals surface area (Å²) in [7, 11) is 3.14. The number of rotatable bonds is 8. The van der Waals surface area contributed by atoms with Crippen molar-refractivity contribution in [2.75, 3.05) is 14.2 Å². The van der Waals surface area contributed by atoms with Crippen LogP contribution in [-0.4, -0.2) is 14.2 Å². The van der Waals surface area contributed by atoms with Gasteiger partial charge < -0.3 is 9.47 Å². The van der Waals surface area contributed by atoms with Crippen molar-refractivity contribution >= 4 is 0 Å². The lowest BCUT2D eigenvalue weighted by molar-refractivity contribution is 0.417. The molecule has 7 rings (SSSR count). The first kappa shape index (κ1) is 30.6. The van der Waals surface area contributed by atoms with Crippen molar-refractivity contribution in [2.24, 2.45) is 0 Å². The maximum Gasteiger partial charge on any atom is 0.134 e. The summed E-state index contributed by atoms with van der Waals surface area (Å²) in [5.74, 6) is -0.374. The molecule has 0 saturated heterocycles. The molecule has 0 bridgehead atoms. The summed E-state index contributed by atoms with van der Waals surface area (Å²) in [4.78, 5) is 0. The fourth-order valence-corrected chi connectivity index (χ4v) is 6.35. The van der Waals surface area contributed by atoms with E-state index in [9.17, 15) is 0 Å². The SMILES string of the molecule is COc1c(-c2cccc(-c3ccccc3)c2)cccc1-c1cc(-c2cccc(-c3cccc(-c4ccccc4)c3)c2OC)c(F)cc1F. The average Bonchev–Trinajstić information content (AvgIpc) is 3.15. The monoisotopic (exact) mass is 630 g/mol. The summed E-state index contributed by atoms with van der Waals surface area (Å²) >= 11 is 0. The van der Waals surface area contributed by atoms with Gasteiger partial charge in [0, 0.05) is 39.4 Å². The second kappa shape index (κ2) is 13.4. The molecule has 0 heterocycles. The Hall–Kier alpha value is -6.00. The minimum Gasteiger partial charge on any atom is -0.495 e. The van der Waals surface area contributed by atoms with Crippen LogP contribution in [0.1, 0.15) is 0 Å². The predicted octanol–water partition coefficient (Wildman–Crippen LogP) is 12.0. The first-order chi connectivity index (χ1) is 23.6. The molecule has 7 aromatic rings. The van der Waals surface area contributed by atoms with Crippen molar-refractivity contribution in [1.29, 1.82) is 0 Å². The van der Waals surface area contributed by atoms with Gasteiger partial charge in [-0.2, -0.15) is 0 Å². The van der Waals surface area contributed by atoms with Gasteiger partial charge in [0.05, 0.1) is 14.2 Å². The van der Waals surface area contributed by atoms with Gasteiger partial charge in [-0.3, -0.25) is 0 Å². The standard InChI is InChI=1S/C44H32F2O2/c1-47-43-35(33-19-9-17-31(25-33)29-13-5-3-6-14-29)21-11-23-37(43)39-27-40(42(46)28-41(39)45)38-24-12-22-36(44(38)48-2)34-20-10-18-32(26-34)30-15-7-4-8-16-30/h3-28H,1-2H3. The van der Waals surface area contributed by atoms with Crippen molar-refractivity contribution in [3.05, 3.63) is 169 Å². The molecule has 0 fully saturated rings. The van der Waals surface area contributed by atoms with E-state index in [-0.39, 0.29) is 11.1 Å². The number of halogens is 2. The number of hydrogen-bond donors (Lipinski definition) is 0. The van der Waals surface area contributed by atoms with Crippen LogP contribution >= 0.6 is 0 Å². The third-order valence-corrected chi connectivity index (χ3v) is 8.64. The Morgan fingerprint density at radius 3 is 1.08 bits per heavy atom. The van der Waals surface area contributed by atoms with E-state index in [2.05, 4.69) is 48.5 Å². The van der Waals surface area contributed by atoms with Crippen LogP contribution in [0.15, 0.2) is 158 Å². The molecule has 7 aromatic carbocycles. The van der Waals surface area contributed by atoms with Crippen LogP contribution in [0.25, 0.3) is 66.8 Å². The van der Waals surface area contributed by atoms with Crippen molar-refractivity contribution < 1.29 is 18.3 Å². The average molecular weight is 631 g/mol. The fourth-order valence-electron chi connectivity index (χ4n) is 6.35. The van der Waals surface area contributed by atoms with Crippen LogP contribution in [0.3, 0.4) is 0 Å². The molecule has 4 heteroatoms. The Morgan fingerprint density at radius 2 is 0.667 bits per heavy atom. The van der Waals surface area contributed by atoms with Crippen LogP contribution in [-0.2, 0) is 0 Å². The van der Waals surface area contributed by atoms with Crippen LogP contribution in [0.2, 0.25) is 0 Å². The van der Waals surface area contributed by atoms with Crippen LogP contribution in [0.5, 0.6) is 11.5 Å². The topological polar surface area (TPSA) is 18.5 Å². The molecule has 0 aliphatic rings. The van der Waals surface area contributed by atoms with E-state index in [0.717, 1.165) is 50.6 Å². The van der Waals surface area contributed by atoms with E-state index < -0.39 is 11.6 Å². The Balaban J connectivity index is 1.34. The lowest BCUT2D eigenvalue weighted by Crippen LogP contribution is -1.98. The Labute approximate surface area is 279 Å². The first-order valence-corrected chi connectivity index (χ1v) is 15.7. The lowest BCUT2D eigenvalue weighted by atomic mass is 9.91. The molecule has 48 heavy (non-hydrogen) atoms. The first-order valence-electron chi connectivity index (χ1n) is 15.7. The van der Waals surface area contributed by atoms with Crippen LogP contribution < -0.4 is 9.47 Å². The highest BCUT2D eigenvalue weighted by Crippen LogP contribution is 2.45. The van der Waals surface area contributed by atoms with E-state index in [1.165, 1.54) is 0 Å². The van der Waals surface area contributed by atoms with Gasteiger partial charge >= 0.3 is 0 Å². The molecule has 0 N–H and O–H groups in total. The number of para-hydroxylation sites is 2. The largest absolute Gasteiger partial charge is 0.495 e. The summed E-state index contributed by atoms with van der Waals surface area (Å²) in [5.41, 5.74) is 9.22. The van der Waals surface area contributed by atoms with Gasteiger partial charge in [-0.1, -0.05) is 133 Å². The molecule has 0 amide bonds. The highest BCUT2D eigenvalue weighted by Gasteiger charge is 2.22. The van der Waals surface area contributed by atoms with Gasteiger partial charge in [0.1, 0.15) is 23.1 Å². The zero-order valence-corrected chi connectivity index (χ0v) is 26.6. The minimum atomic E-state index is -0.685. The third kappa shape index (κ3) is 5.85. The van der Waals surface area contributed by atoms with E-state index in [1.54, 1.807) is 32.4 Å². The molecule has 0 saturated carbocycles. The predicted molar refractivity (Wildman–Crippen MR) is 192 cm³/mol. The van der Waals surface area contributed by atoms with Gasteiger partial charge in [0.15, 0.2) is 0 Å². The molecule has 0 aromatic heterocycles. The number of benzene rings is 7. The second-order valence-electron chi connectivity index (χ2n) is 11.5. The maximum absolute atomic E-state index is 15.8. The van der Waals surface area contributed by atoms with Crippen LogP contribution in [0.4, 0.5) is 8.78 Å². The molecular weight excluding hydrogens is 598 g/mol. The van der Waals surface area contributed by atoms with E-state index in [4.69, 9.17) is 9.47 Å². The molecule has 0 aliphatic carbocycles. The van der Waals surface area contributed by atoms with Gasteiger partial charge in [-0.05, 0) is 51.6 Å². The summed E-state index contributed by atoms with van der Waals surface area (Å²) in [6, 6.07) is 50.2. The Bertz CT molecular complexity index is 2070. The Morgan fingerprint density at radius 1 is 0.312 bits per heavy atom. The normalized spacial score (nSPS) is 10.9. The number of methoxy groups -OCH3 is 2. The zero-order chi connectivity index (χ0) is 33.0. The van der Waals surface area contributed by atoms with E-state index in [1.807, 2.05) is 84.9 Å². The highest BCUT2D eigenvalue weighted by atomic mass is 19.1. The van der Waals surface area contributed by atoms with Crippen molar-refractivity contribution in [2.45, 2.75) is 0 Å². The van der Waals surface area contributed by atoms with Gasteiger partial charge in [0.2, 0.25) is 0 Å². The van der Waals surface area contributed by atoms with E-state index >= 15 is 8.78 Å². The number of ether oxygens (including phenoxy) is 2. The molecule has 234 valence electrons. The third-order valence-electron chi connectivity index (χ3n) is 8.64. The maximum atomic E-state index is 15.8. The minimum absolute atomic E-state index is 0.225. The number of hydrogen-bond acceptors (Lipinski definition) is 2. The zero-order valence-electron chi connectivity index (χ0n) is 26.6. The summed E-state index contributed by atoms with van der Waals surface area (Å²) < 4.78 is 43.4. The van der Waals surface area contributed by atoms with Crippen molar-refractivity contribution in [1.82, 2.24) is 0 Å². The van der Waals surface area contributed by atoms with Gasteiger partial charge in [-0.25, -0.2) is 8.78 Å². The summed E-state index contributed by atoms with van der Waals surface area (Å²) in [5, 5.41) is 0. The highest BCUT2D eigenvalue weighted by molar-refractivity contribution is 5.89. The fraction of sp³-hybridized carbons (Fsp3) is 0.0455. The smallest absolute Gasteiger partial charge is 0.134 e. The van der Waals surface area contributed by atoms with Gasteiger partial charge in [-0.15, -0.1) is 0 Å². The quantitative estimate of drug-likeness (QED) is 0.166. The van der Waals surface area contributed by atoms with Crippen molar-refractivity contribution in [3.8, 4) is 78.3 Å². The summed E-state index contributed by atoms with van der Waals surface area (Å²) in [6.07, 6.45) is 0. The molecule has 0 spiro atoms. The molecule has 2 nitrogen and oxygen atoms in total. The van der Waals surface area contributed by atoms with Gasteiger partial charge in [0.25, 0.3) is 0 Å². The molecular formula is C44H32F2O2. The molecule has 0 aliphatic heterocycles. The molecule has 0 atom stereocenters. The Kier molecular flexibility index (Phi) is 8.55. The van der Waals surface area contributed by atoms with Crippen LogP contribution in [0, 0.1) is 11.6 Å².